The zero-order valence-corrected chi connectivity index (χ0v) is 12.8. The number of hydrogen-bond donors (Lipinski definition) is 1. The number of nitrogens with zero attached hydrogens (tertiary/aromatic N) is 2. The molecule has 2 rings (SSSR count). The van der Waals surface area contributed by atoms with E-state index >= 15 is 0 Å². The van der Waals surface area contributed by atoms with Crippen LogP contribution in [-0.2, 0) is 19.4 Å². The van der Waals surface area contributed by atoms with Gasteiger partial charge in [-0.3, -0.25) is 9.59 Å². The number of benzene rings is 1. The Bertz CT molecular complexity index is 734. The third kappa shape index (κ3) is 3.62. The number of anilines is 1. The van der Waals surface area contributed by atoms with E-state index < -0.39 is 27.7 Å². The van der Waals surface area contributed by atoms with Crippen LogP contribution in [0.3, 0.4) is 0 Å². The number of sulfone groups is 1. The van der Waals surface area contributed by atoms with Gasteiger partial charge in [0.1, 0.15) is 0 Å². The second kappa shape index (κ2) is 6.15. The van der Waals surface area contributed by atoms with Crippen LogP contribution in [0.15, 0.2) is 24.3 Å². The fraction of sp³-hybridized carbons (Fsp3) is 0.357. The first-order chi connectivity index (χ1) is 10.3. The molecule has 1 heterocycles. The standard InChI is InChI=1S/C14H15N3O4S/c1-17(12-6-7-22(20,21)9-12)14(19)13(18)16-11-4-2-10(8-15)3-5-11/h2-5,12H,6-7,9H2,1H3,(H,16,18). The summed E-state index contributed by atoms with van der Waals surface area (Å²) >= 11 is 0. The van der Waals surface area contributed by atoms with Gasteiger partial charge < -0.3 is 10.2 Å². The summed E-state index contributed by atoms with van der Waals surface area (Å²) in [5.74, 6) is -1.70. The van der Waals surface area contributed by atoms with E-state index in [4.69, 9.17) is 5.26 Å². The zero-order chi connectivity index (χ0) is 16.3. The SMILES string of the molecule is CN(C(=O)C(=O)Nc1ccc(C#N)cc1)C1CCS(=O)(=O)C1. The van der Waals surface area contributed by atoms with Crippen molar-refractivity contribution in [3.63, 3.8) is 0 Å². The molecule has 7 nitrogen and oxygen atoms in total. The fourth-order valence-electron chi connectivity index (χ4n) is 2.22. The summed E-state index contributed by atoms with van der Waals surface area (Å²) < 4.78 is 22.8. The predicted octanol–water partition coefficient (Wildman–Crippen LogP) is 0.142. The van der Waals surface area contributed by atoms with Crippen LogP contribution >= 0.6 is 0 Å². The lowest BCUT2D eigenvalue weighted by molar-refractivity contribution is -0.143. The van der Waals surface area contributed by atoms with Gasteiger partial charge in [0, 0.05) is 18.8 Å². The topological polar surface area (TPSA) is 107 Å². The van der Waals surface area contributed by atoms with Gasteiger partial charge in [0.25, 0.3) is 0 Å². The van der Waals surface area contributed by atoms with Crippen LogP contribution in [0.2, 0.25) is 0 Å². The van der Waals surface area contributed by atoms with Crippen molar-refractivity contribution in [1.82, 2.24) is 4.90 Å². The highest BCUT2D eigenvalue weighted by molar-refractivity contribution is 7.91. The van der Waals surface area contributed by atoms with Crippen molar-refractivity contribution in [3.8, 4) is 6.07 Å². The molecule has 0 bridgehead atoms. The summed E-state index contributed by atoms with van der Waals surface area (Å²) in [5.41, 5.74) is 0.836. The highest BCUT2D eigenvalue weighted by Crippen LogP contribution is 2.17. The van der Waals surface area contributed by atoms with Gasteiger partial charge in [-0.1, -0.05) is 0 Å². The summed E-state index contributed by atoms with van der Waals surface area (Å²) in [5, 5.41) is 11.1. The first-order valence-corrected chi connectivity index (χ1v) is 8.43. The summed E-state index contributed by atoms with van der Waals surface area (Å²) in [7, 11) is -1.70. The maximum absolute atomic E-state index is 12.0. The lowest BCUT2D eigenvalue weighted by atomic mass is 10.2. The number of nitriles is 1. The molecule has 0 aliphatic carbocycles. The Morgan fingerprint density at radius 1 is 1.32 bits per heavy atom. The minimum absolute atomic E-state index is 0.0343. The summed E-state index contributed by atoms with van der Waals surface area (Å²) in [6, 6.07) is 7.56. The number of nitrogens with one attached hydrogen (secondary N) is 1. The van der Waals surface area contributed by atoms with Gasteiger partial charge in [-0.15, -0.1) is 0 Å². The van der Waals surface area contributed by atoms with E-state index in [1.165, 1.54) is 36.2 Å². The molecule has 8 heteroatoms. The molecule has 1 aromatic rings. The van der Waals surface area contributed by atoms with Crippen LogP contribution in [0, 0.1) is 11.3 Å². The molecule has 1 unspecified atom stereocenters. The quantitative estimate of drug-likeness (QED) is 0.780. The van der Waals surface area contributed by atoms with Gasteiger partial charge in [0.15, 0.2) is 9.84 Å². The average molecular weight is 321 g/mol. The van der Waals surface area contributed by atoms with Crippen LogP contribution in [0.1, 0.15) is 12.0 Å². The molecule has 1 atom stereocenters. The van der Waals surface area contributed by atoms with Gasteiger partial charge >= 0.3 is 11.8 Å². The minimum Gasteiger partial charge on any atom is -0.333 e. The normalized spacial score (nSPS) is 19.2. The summed E-state index contributed by atoms with van der Waals surface area (Å²) in [6.07, 6.45) is 0.342. The highest BCUT2D eigenvalue weighted by atomic mass is 32.2. The van der Waals surface area contributed by atoms with Crippen molar-refractivity contribution in [1.29, 1.82) is 5.26 Å². The molecule has 22 heavy (non-hydrogen) atoms. The van der Waals surface area contributed by atoms with E-state index in [1.54, 1.807) is 0 Å². The van der Waals surface area contributed by atoms with Crippen molar-refractivity contribution >= 4 is 27.3 Å². The van der Waals surface area contributed by atoms with Crippen LogP contribution in [0.25, 0.3) is 0 Å². The first kappa shape index (κ1) is 16.0. The molecule has 0 aromatic heterocycles. The third-order valence-electron chi connectivity index (χ3n) is 3.54. The molecule has 1 aliphatic heterocycles. The van der Waals surface area contributed by atoms with Crippen LogP contribution in [-0.4, -0.2) is 49.7 Å². The molecule has 2 amide bonds. The Morgan fingerprint density at radius 2 is 1.95 bits per heavy atom. The molecule has 1 saturated heterocycles. The van der Waals surface area contributed by atoms with Gasteiger partial charge in [0.05, 0.1) is 23.1 Å². The van der Waals surface area contributed by atoms with Crippen molar-refractivity contribution in [2.24, 2.45) is 0 Å². The van der Waals surface area contributed by atoms with E-state index in [0.29, 0.717) is 17.7 Å². The largest absolute Gasteiger partial charge is 0.333 e. The number of likely N-dealkylation sites (N-methyl/N-ethyl adjacent to an activating group) is 1. The first-order valence-electron chi connectivity index (χ1n) is 6.61. The molecular weight excluding hydrogens is 306 g/mol. The number of hydrogen-bond acceptors (Lipinski definition) is 5. The Kier molecular flexibility index (Phi) is 4.47. The van der Waals surface area contributed by atoms with Crippen LogP contribution in [0.5, 0.6) is 0 Å². The van der Waals surface area contributed by atoms with Crippen molar-refractivity contribution in [2.75, 3.05) is 23.9 Å². The van der Waals surface area contributed by atoms with E-state index in [9.17, 15) is 18.0 Å². The van der Waals surface area contributed by atoms with Gasteiger partial charge in [-0.05, 0) is 30.7 Å². The fourth-order valence-corrected chi connectivity index (χ4v) is 3.99. The summed E-state index contributed by atoms with van der Waals surface area (Å²) in [6.45, 7) is 0. The smallest absolute Gasteiger partial charge is 0.313 e. The molecule has 1 fully saturated rings. The van der Waals surface area contributed by atoms with E-state index in [1.807, 2.05) is 6.07 Å². The van der Waals surface area contributed by atoms with Crippen LogP contribution in [0.4, 0.5) is 5.69 Å². The van der Waals surface area contributed by atoms with Crippen molar-refractivity contribution in [3.05, 3.63) is 29.8 Å². The molecule has 1 N–H and O–H groups in total. The number of carbonyl (C=O) groups excluding carboxylic acids is 2. The highest BCUT2D eigenvalue weighted by Gasteiger charge is 2.34. The Labute approximate surface area is 128 Å². The minimum atomic E-state index is -3.12. The number of rotatable bonds is 2. The average Bonchev–Trinajstić information content (AvgIpc) is 2.86. The van der Waals surface area contributed by atoms with Gasteiger partial charge in [-0.25, -0.2) is 8.42 Å². The Balaban J connectivity index is 1.99. The van der Waals surface area contributed by atoms with E-state index in [2.05, 4.69) is 5.32 Å². The lowest BCUT2D eigenvalue weighted by Gasteiger charge is -2.22. The molecule has 0 spiro atoms. The van der Waals surface area contributed by atoms with Crippen LogP contribution < -0.4 is 5.32 Å². The van der Waals surface area contributed by atoms with E-state index in [0.717, 1.165) is 0 Å². The van der Waals surface area contributed by atoms with Gasteiger partial charge in [0.2, 0.25) is 0 Å². The molecule has 116 valence electrons. The van der Waals surface area contributed by atoms with Crippen molar-refractivity contribution in [2.45, 2.75) is 12.5 Å². The molecule has 1 aliphatic rings. The maximum Gasteiger partial charge on any atom is 0.313 e. The predicted molar refractivity (Wildman–Crippen MR) is 79.6 cm³/mol. The lowest BCUT2D eigenvalue weighted by Crippen LogP contribution is -2.43. The summed E-state index contributed by atoms with van der Waals surface area (Å²) in [4.78, 5) is 25.1. The third-order valence-corrected chi connectivity index (χ3v) is 5.29. The van der Waals surface area contributed by atoms with E-state index in [-0.39, 0.29) is 11.5 Å². The monoisotopic (exact) mass is 321 g/mol. The Hall–Kier alpha value is -2.40. The zero-order valence-electron chi connectivity index (χ0n) is 11.9. The maximum atomic E-state index is 12.0. The second-order valence-corrected chi connectivity index (χ2v) is 7.34. The van der Waals surface area contributed by atoms with Gasteiger partial charge in [-0.2, -0.15) is 5.26 Å². The number of carbonyl (C=O) groups is 2. The molecule has 0 saturated carbocycles. The Morgan fingerprint density at radius 3 is 2.45 bits per heavy atom. The number of amides is 2. The molecular formula is C14H15N3O4S. The van der Waals surface area contributed by atoms with Crippen molar-refractivity contribution < 1.29 is 18.0 Å². The molecule has 1 aromatic carbocycles. The molecule has 0 radical (unpaired) electrons. The second-order valence-electron chi connectivity index (χ2n) is 5.12.